The van der Waals surface area contributed by atoms with Crippen LogP contribution in [0.25, 0.3) is 11.3 Å². The maximum Gasteiger partial charge on any atom is 0.134 e. The van der Waals surface area contributed by atoms with Gasteiger partial charge in [0.25, 0.3) is 0 Å². The van der Waals surface area contributed by atoms with E-state index in [1.165, 1.54) is 23.5 Å². The average Bonchev–Trinajstić information content (AvgIpc) is 3.07. The molecule has 0 radical (unpaired) electrons. The zero-order valence-electron chi connectivity index (χ0n) is 10.0. The third kappa shape index (κ3) is 2.52. The molecule has 0 spiro atoms. The van der Waals surface area contributed by atoms with Gasteiger partial charge in [-0.3, -0.25) is 5.10 Å². The fourth-order valence-electron chi connectivity index (χ4n) is 1.88. The number of H-pyrrole nitrogens is 1. The molecule has 3 rings (SSSR count). The Hall–Kier alpha value is -1.57. The van der Waals surface area contributed by atoms with E-state index in [0.717, 1.165) is 5.56 Å². The van der Waals surface area contributed by atoms with Gasteiger partial charge in [-0.25, -0.2) is 9.37 Å². The third-order valence-corrected chi connectivity index (χ3v) is 4.43. The Labute approximate surface area is 126 Å². The second-order valence-electron chi connectivity index (χ2n) is 4.12. The second-order valence-corrected chi connectivity index (χ2v) is 5.82. The summed E-state index contributed by atoms with van der Waals surface area (Å²) in [5.41, 5.74) is 2.02. The fourth-order valence-corrected chi connectivity index (χ4v) is 3.14. The zero-order valence-corrected chi connectivity index (χ0v) is 12.4. The van der Waals surface area contributed by atoms with Gasteiger partial charge in [0.2, 0.25) is 0 Å². The first-order chi connectivity index (χ1) is 9.65. The number of nitrogens with one attached hydrogen (secondary N) is 1. The minimum absolute atomic E-state index is 0.306. The van der Waals surface area contributed by atoms with E-state index in [-0.39, 0.29) is 5.82 Å². The largest absolute Gasteiger partial charge is 0.381 e. The molecule has 0 bridgehead atoms. The summed E-state index contributed by atoms with van der Waals surface area (Å²) in [4.78, 5) is 4.20. The maximum atomic E-state index is 13.0. The molecule has 102 valence electrons. The molecule has 4 nitrogen and oxygen atoms in total. The van der Waals surface area contributed by atoms with Crippen molar-refractivity contribution in [2.45, 2.75) is 6.10 Å². The van der Waals surface area contributed by atoms with E-state index in [2.05, 4.69) is 31.1 Å². The van der Waals surface area contributed by atoms with E-state index in [4.69, 9.17) is 0 Å². The fraction of sp³-hybridized carbons (Fsp3) is 0.0769. The Morgan fingerprint density at radius 3 is 2.70 bits per heavy atom. The maximum absolute atomic E-state index is 13.0. The van der Waals surface area contributed by atoms with Crippen molar-refractivity contribution in [3.63, 3.8) is 0 Å². The zero-order chi connectivity index (χ0) is 14.1. The predicted octanol–water partition coefficient (Wildman–Crippen LogP) is 3.52. The number of halogens is 2. The molecule has 1 aromatic carbocycles. The van der Waals surface area contributed by atoms with E-state index < -0.39 is 6.10 Å². The minimum atomic E-state index is -0.870. The molecule has 2 heterocycles. The lowest BCUT2D eigenvalue weighted by Crippen LogP contribution is -1.99. The molecule has 0 aliphatic rings. The molecule has 3 aromatic rings. The number of aromatic nitrogens is 3. The van der Waals surface area contributed by atoms with E-state index in [9.17, 15) is 9.50 Å². The summed E-state index contributed by atoms with van der Waals surface area (Å²) in [6.45, 7) is 0. The SMILES string of the molecule is OC(c1nc(Br)cs1)c1cn[nH]c1-c1ccc(F)cc1. The number of aliphatic hydroxyl groups excluding tert-OH is 1. The van der Waals surface area contributed by atoms with E-state index in [1.807, 2.05) is 0 Å². The lowest BCUT2D eigenvalue weighted by molar-refractivity contribution is 0.220. The summed E-state index contributed by atoms with van der Waals surface area (Å²) in [5.74, 6) is -0.306. The van der Waals surface area contributed by atoms with Crippen LogP contribution in [-0.4, -0.2) is 20.3 Å². The smallest absolute Gasteiger partial charge is 0.134 e. The Morgan fingerprint density at radius 2 is 2.05 bits per heavy atom. The van der Waals surface area contributed by atoms with Gasteiger partial charge in [0.15, 0.2) is 0 Å². The topological polar surface area (TPSA) is 61.8 Å². The molecule has 0 saturated carbocycles. The lowest BCUT2D eigenvalue weighted by Gasteiger charge is -2.08. The second kappa shape index (κ2) is 5.43. The molecule has 1 unspecified atom stereocenters. The van der Waals surface area contributed by atoms with Crippen LogP contribution in [0.2, 0.25) is 0 Å². The van der Waals surface area contributed by atoms with E-state index in [0.29, 0.717) is 20.9 Å². The Balaban J connectivity index is 1.99. The first-order valence-electron chi connectivity index (χ1n) is 5.73. The Morgan fingerprint density at radius 1 is 1.30 bits per heavy atom. The van der Waals surface area contributed by atoms with Crippen LogP contribution in [0.15, 0.2) is 40.4 Å². The number of hydrogen-bond donors (Lipinski definition) is 2. The van der Waals surface area contributed by atoms with Crippen molar-refractivity contribution in [1.82, 2.24) is 15.2 Å². The number of aromatic amines is 1. The minimum Gasteiger partial charge on any atom is -0.381 e. The van der Waals surface area contributed by atoms with Crippen LogP contribution in [-0.2, 0) is 0 Å². The van der Waals surface area contributed by atoms with Crippen LogP contribution in [0.1, 0.15) is 16.7 Å². The molecule has 0 aliphatic heterocycles. The van der Waals surface area contributed by atoms with Crippen molar-refractivity contribution < 1.29 is 9.50 Å². The Bertz CT molecular complexity index is 725. The van der Waals surface area contributed by atoms with Crippen LogP contribution in [0, 0.1) is 5.82 Å². The predicted molar refractivity (Wildman–Crippen MR) is 77.9 cm³/mol. The van der Waals surface area contributed by atoms with Gasteiger partial charge in [-0.2, -0.15) is 5.10 Å². The number of aliphatic hydroxyl groups is 1. The standard InChI is InChI=1S/C13H9BrFN3OS/c14-10-6-20-13(17-10)12(19)9-5-16-18-11(9)7-1-3-8(15)4-2-7/h1-6,12,19H,(H,16,18). The highest BCUT2D eigenvalue weighted by molar-refractivity contribution is 9.10. The summed E-state index contributed by atoms with van der Waals surface area (Å²) in [5, 5.41) is 19.5. The van der Waals surface area contributed by atoms with Crippen LogP contribution >= 0.6 is 27.3 Å². The highest BCUT2D eigenvalue weighted by Crippen LogP contribution is 2.32. The van der Waals surface area contributed by atoms with Gasteiger partial charge < -0.3 is 5.11 Å². The molecule has 1 atom stereocenters. The van der Waals surface area contributed by atoms with Gasteiger partial charge in [0, 0.05) is 16.5 Å². The van der Waals surface area contributed by atoms with Gasteiger partial charge in [-0.1, -0.05) is 0 Å². The monoisotopic (exact) mass is 353 g/mol. The summed E-state index contributed by atoms with van der Waals surface area (Å²) < 4.78 is 13.7. The number of rotatable bonds is 3. The molecule has 0 fully saturated rings. The highest BCUT2D eigenvalue weighted by Gasteiger charge is 2.20. The number of benzene rings is 1. The van der Waals surface area contributed by atoms with Crippen molar-refractivity contribution in [3.05, 3.63) is 56.8 Å². The van der Waals surface area contributed by atoms with Crippen molar-refractivity contribution in [2.75, 3.05) is 0 Å². The summed E-state index contributed by atoms with van der Waals surface area (Å²) in [7, 11) is 0. The average molecular weight is 354 g/mol. The number of nitrogens with zero attached hydrogens (tertiary/aromatic N) is 2. The van der Waals surface area contributed by atoms with E-state index in [1.54, 1.807) is 23.7 Å². The van der Waals surface area contributed by atoms with Crippen molar-refractivity contribution in [2.24, 2.45) is 0 Å². The molecule has 20 heavy (non-hydrogen) atoms. The highest BCUT2D eigenvalue weighted by atomic mass is 79.9. The summed E-state index contributed by atoms with van der Waals surface area (Å²) >= 11 is 4.61. The molecule has 7 heteroatoms. The molecule has 2 N–H and O–H groups in total. The molecule has 0 aliphatic carbocycles. The third-order valence-electron chi connectivity index (χ3n) is 2.82. The molecular formula is C13H9BrFN3OS. The quantitative estimate of drug-likeness (QED) is 0.757. The first kappa shape index (κ1) is 13.4. The number of thiazole rings is 1. The van der Waals surface area contributed by atoms with Crippen molar-refractivity contribution in [1.29, 1.82) is 0 Å². The van der Waals surface area contributed by atoms with Gasteiger partial charge in [-0.15, -0.1) is 11.3 Å². The summed E-state index contributed by atoms with van der Waals surface area (Å²) in [6.07, 6.45) is 0.684. The van der Waals surface area contributed by atoms with Crippen molar-refractivity contribution >= 4 is 27.3 Å². The molecular weight excluding hydrogens is 345 g/mol. The van der Waals surface area contributed by atoms with Gasteiger partial charge in [0.1, 0.15) is 21.5 Å². The van der Waals surface area contributed by atoms with Gasteiger partial charge in [0.05, 0.1) is 11.9 Å². The number of hydrogen-bond acceptors (Lipinski definition) is 4. The van der Waals surface area contributed by atoms with Crippen LogP contribution in [0.5, 0.6) is 0 Å². The van der Waals surface area contributed by atoms with Gasteiger partial charge >= 0.3 is 0 Å². The first-order valence-corrected chi connectivity index (χ1v) is 7.40. The van der Waals surface area contributed by atoms with Crippen LogP contribution in [0.4, 0.5) is 4.39 Å². The van der Waals surface area contributed by atoms with Crippen molar-refractivity contribution in [3.8, 4) is 11.3 Å². The van der Waals surface area contributed by atoms with Crippen LogP contribution in [0.3, 0.4) is 0 Å². The van der Waals surface area contributed by atoms with Gasteiger partial charge in [-0.05, 0) is 40.2 Å². The molecule has 2 aromatic heterocycles. The van der Waals surface area contributed by atoms with E-state index >= 15 is 0 Å². The normalized spacial score (nSPS) is 12.6. The molecule has 0 saturated heterocycles. The molecule has 0 amide bonds. The lowest BCUT2D eigenvalue weighted by atomic mass is 10.0. The summed E-state index contributed by atoms with van der Waals surface area (Å²) in [6, 6.07) is 6.01. The Kier molecular flexibility index (Phi) is 3.64. The van der Waals surface area contributed by atoms with Crippen LogP contribution < -0.4 is 0 Å².